The van der Waals surface area contributed by atoms with Gasteiger partial charge in [0.2, 0.25) is 24.5 Å². The van der Waals surface area contributed by atoms with Crippen LogP contribution in [0.2, 0.25) is 0 Å². The Morgan fingerprint density at radius 1 is 1.00 bits per heavy atom. The van der Waals surface area contributed by atoms with E-state index in [1.165, 1.54) is 18.2 Å². The third-order valence-corrected chi connectivity index (χ3v) is 8.64. The molecule has 2 saturated heterocycles. The molecule has 3 amide bonds. The zero-order valence-electron chi connectivity index (χ0n) is 21.2. The van der Waals surface area contributed by atoms with Gasteiger partial charge in [0.15, 0.2) is 11.5 Å². The largest absolute Gasteiger partial charge is 0.454 e. The number of aromatic nitrogens is 1. The van der Waals surface area contributed by atoms with Crippen LogP contribution in [0.4, 0.5) is 17.1 Å². The molecular formula is C29H21N5O7. The first-order valence-corrected chi connectivity index (χ1v) is 13.1. The summed E-state index contributed by atoms with van der Waals surface area (Å²) in [5.41, 5.74) is 0.874. The molecule has 0 saturated carbocycles. The van der Waals surface area contributed by atoms with E-state index in [-0.39, 0.29) is 18.0 Å². The van der Waals surface area contributed by atoms with E-state index in [1.54, 1.807) is 18.2 Å². The summed E-state index contributed by atoms with van der Waals surface area (Å²) >= 11 is 0. The zero-order chi connectivity index (χ0) is 28.0. The first-order chi connectivity index (χ1) is 19.9. The highest BCUT2D eigenvalue weighted by Crippen LogP contribution is 2.55. The van der Waals surface area contributed by atoms with Gasteiger partial charge < -0.3 is 19.8 Å². The highest BCUT2D eigenvalue weighted by atomic mass is 16.7. The number of imide groups is 1. The maximum absolute atomic E-state index is 14.3. The Morgan fingerprint density at radius 3 is 2.68 bits per heavy atom. The van der Waals surface area contributed by atoms with Gasteiger partial charge in [0, 0.05) is 52.6 Å². The van der Waals surface area contributed by atoms with Crippen LogP contribution < -0.4 is 25.0 Å². The molecule has 41 heavy (non-hydrogen) atoms. The molecule has 1 spiro atoms. The molecule has 5 heterocycles. The molecule has 4 aliphatic heterocycles. The van der Waals surface area contributed by atoms with Crippen LogP contribution in [0.15, 0.2) is 66.9 Å². The Hall–Kier alpha value is -5.23. The highest BCUT2D eigenvalue weighted by Gasteiger charge is 2.70. The Labute approximate surface area is 231 Å². The number of nitro groups is 1. The second-order valence-corrected chi connectivity index (χ2v) is 10.6. The molecule has 8 rings (SSSR count). The quantitative estimate of drug-likeness (QED) is 0.199. The van der Waals surface area contributed by atoms with Crippen molar-refractivity contribution in [3.63, 3.8) is 0 Å². The molecule has 0 unspecified atom stereocenters. The molecule has 4 aromatic rings. The average molecular weight is 552 g/mol. The number of rotatable bonds is 4. The molecule has 4 aliphatic rings. The van der Waals surface area contributed by atoms with E-state index in [1.807, 2.05) is 30.5 Å². The summed E-state index contributed by atoms with van der Waals surface area (Å²) in [6, 6.07) is 16.0. The molecule has 204 valence electrons. The Balaban J connectivity index is 1.28. The van der Waals surface area contributed by atoms with E-state index >= 15 is 0 Å². The number of benzene rings is 3. The lowest BCUT2D eigenvalue weighted by Crippen LogP contribution is -2.53. The van der Waals surface area contributed by atoms with Crippen molar-refractivity contribution in [1.29, 1.82) is 0 Å². The number of H-pyrrole nitrogens is 1. The van der Waals surface area contributed by atoms with Crippen molar-refractivity contribution in [2.75, 3.05) is 17.0 Å². The number of amides is 3. The lowest BCUT2D eigenvalue weighted by Gasteiger charge is -2.29. The number of fused-ring (bicyclic) bond motifs is 6. The van der Waals surface area contributed by atoms with Crippen LogP contribution in [0, 0.1) is 22.0 Å². The third kappa shape index (κ3) is 3.10. The Kier molecular flexibility index (Phi) is 4.70. The normalized spacial score (nSPS) is 25.7. The molecule has 12 heteroatoms. The van der Waals surface area contributed by atoms with Crippen LogP contribution in [-0.4, -0.2) is 40.5 Å². The standard InChI is InChI=1S/C29H21N5O7/c35-26-24-21(9-14-12-30-19-4-2-1-3-17(14)19)32-29(18-10-16(34(38)39)5-7-20(18)31-28(29)37)25(24)27(36)33(26)15-6-8-22-23(11-15)41-13-40-22/h1-8,10-12,21,24-25,30,32H,9,13H2,(H,31,37)/t21-,24+,25+,29+/m1/s1. The van der Waals surface area contributed by atoms with Crippen LogP contribution in [0.1, 0.15) is 11.1 Å². The number of aromatic amines is 1. The van der Waals surface area contributed by atoms with Gasteiger partial charge in [-0.25, -0.2) is 4.90 Å². The number of non-ortho nitro benzene ring substituents is 1. The van der Waals surface area contributed by atoms with Gasteiger partial charge in [-0.15, -0.1) is 0 Å². The van der Waals surface area contributed by atoms with E-state index in [0.29, 0.717) is 29.3 Å². The number of ether oxygens (including phenoxy) is 2. The fourth-order valence-corrected chi connectivity index (χ4v) is 6.89. The second-order valence-electron chi connectivity index (χ2n) is 10.6. The molecule has 1 aromatic heterocycles. The number of nitrogens with zero attached hydrogens (tertiary/aromatic N) is 2. The second kappa shape index (κ2) is 8.15. The monoisotopic (exact) mass is 551 g/mol. The van der Waals surface area contributed by atoms with Crippen molar-refractivity contribution < 1.29 is 28.8 Å². The van der Waals surface area contributed by atoms with Crippen LogP contribution in [0.25, 0.3) is 10.9 Å². The molecule has 12 nitrogen and oxygen atoms in total. The Bertz CT molecular complexity index is 1850. The summed E-state index contributed by atoms with van der Waals surface area (Å²) in [7, 11) is 0. The fourth-order valence-electron chi connectivity index (χ4n) is 6.89. The number of hydrogen-bond acceptors (Lipinski definition) is 8. The highest BCUT2D eigenvalue weighted by molar-refractivity contribution is 6.26. The van der Waals surface area contributed by atoms with Crippen LogP contribution in [-0.2, 0) is 26.3 Å². The molecule has 3 N–H and O–H groups in total. The minimum atomic E-state index is -1.68. The lowest BCUT2D eigenvalue weighted by atomic mass is 9.76. The number of anilines is 2. The van der Waals surface area contributed by atoms with E-state index in [4.69, 9.17) is 9.47 Å². The van der Waals surface area contributed by atoms with Gasteiger partial charge in [-0.05, 0) is 36.2 Å². The van der Waals surface area contributed by atoms with Crippen molar-refractivity contribution >= 4 is 45.7 Å². The predicted molar refractivity (Wildman–Crippen MR) is 144 cm³/mol. The smallest absolute Gasteiger partial charge is 0.269 e. The minimum absolute atomic E-state index is 0.0292. The number of carbonyl (C=O) groups excluding carboxylic acids is 3. The third-order valence-electron chi connectivity index (χ3n) is 8.64. The van der Waals surface area contributed by atoms with Gasteiger partial charge in [-0.2, -0.15) is 0 Å². The SMILES string of the molecule is O=C1[C@@H]2[C@@H](C(=O)N1c1ccc3c(c1)OCO3)[C@]1(N[C@@H]2Cc2c[nH]c3ccccc23)C(=O)Nc2ccc([N+](=O)[O-])cc21. The minimum Gasteiger partial charge on any atom is -0.454 e. The van der Waals surface area contributed by atoms with Gasteiger partial charge in [0.1, 0.15) is 5.54 Å². The van der Waals surface area contributed by atoms with E-state index in [2.05, 4.69) is 15.6 Å². The molecule has 4 atom stereocenters. The van der Waals surface area contributed by atoms with E-state index in [9.17, 15) is 24.5 Å². The maximum Gasteiger partial charge on any atom is 0.269 e. The van der Waals surface area contributed by atoms with Crippen molar-refractivity contribution in [2.24, 2.45) is 11.8 Å². The number of para-hydroxylation sites is 1. The summed E-state index contributed by atoms with van der Waals surface area (Å²) in [6.45, 7) is 0.0292. The van der Waals surface area contributed by atoms with Crippen LogP contribution in [0.3, 0.4) is 0 Å². The maximum atomic E-state index is 14.3. The molecule has 0 radical (unpaired) electrons. The van der Waals surface area contributed by atoms with Crippen molar-refractivity contribution in [3.05, 3.63) is 88.1 Å². The van der Waals surface area contributed by atoms with Crippen molar-refractivity contribution in [1.82, 2.24) is 10.3 Å². The number of hydrogen-bond donors (Lipinski definition) is 3. The summed E-state index contributed by atoms with van der Waals surface area (Å²) in [4.78, 5) is 57.7. The average Bonchev–Trinajstić information content (AvgIpc) is 3.76. The van der Waals surface area contributed by atoms with Gasteiger partial charge in [0.25, 0.3) is 5.69 Å². The first-order valence-electron chi connectivity index (χ1n) is 13.1. The lowest BCUT2D eigenvalue weighted by molar-refractivity contribution is -0.384. The van der Waals surface area contributed by atoms with Crippen LogP contribution >= 0.6 is 0 Å². The van der Waals surface area contributed by atoms with Gasteiger partial charge >= 0.3 is 0 Å². The molecule has 0 bridgehead atoms. The summed E-state index contributed by atoms with van der Waals surface area (Å²) in [5, 5.41) is 18.8. The number of nitrogens with one attached hydrogen (secondary N) is 3. The van der Waals surface area contributed by atoms with E-state index in [0.717, 1.165) is 21.4 Å². The van der Waals surface area contributed by atoms with Crippen molar-refractivity contribution in [3.8, 4) is 11.5 Å². The number of nitro benzene ring substituents is 1. The summed E-state index contributed by atoms with van der Waals surface area (Å²) < 4.78 is 10.9. The molecule has 3 aromatic carbocycles. The summed E-state index contributed by atoms with van der Waals surface area (Å²) in [5.74, 6) is -2.71. The number of carbonyl (C=O) groups is 3. The molecular weight excluding hydrogens is 530 g/mol. The van der Waals surface area contributed by atoms with Crippen LogP contribution in [0.5, 0.6) is 11.5 Å². The molecule has 2 fully saturated rings. The topological polar surface area (TPSA) is 156 Å². The van der Waals surface area contributed by atoms with Gasteiger partial charge in [-0.3, -0.25) is 29.8 Å². The summed E-state index contributed by atoms with van der Waals surface area (Å²) in [6.07, 6.45) is 2.19. The molecule has 0 aliphatic carbocycles. The van der Waals surface area contributed by atoms with Gasteiger partial charge in [0.05, 0.1) is 22.4 Å². The predicted octanol–water partition coefficient (Wildman–Crippen LogP) is 2.97. The zero-order valence-corrected chi connectivity index (χ0v) is 21.2. The van der Waals surface area contributed by atoms with E-state index < -0.39 is 46.1 Å². The van der Waals surface area contributed by atoms with Gasteiger partial charge in [-0.1, -0.05) is 18.2 Å². The first kappa shape index (κ1) is 23.6. The fraction of sp³-hybridized carbons (Fsp3) is 0.207. The van der Waals surface area contributed by atoms with Crippen molar-refractivity contribution in [2.45, 2.75) is 18.0 Å². The Morgan fingerprint density at radius 2 is 1.83 bits per heavy atom.